The number of aromatic nitrogens is 3. The molecule has 0 radical (unpaired) electrons. The van der Waals surface area contributed by atoms with Crippen LogP contribution in [0.1, 0.15) is 31.6 Å². The number of carbonyl (C=O) groups is 1. The fourth-order valence-corrected chi connectivity index (χ4v) is 3.37. The molecule has 1 aliphatic heterocycles. The van der Waals surface area contributed by atoms with Crippen molar-refractivity contribution in [2.24, 2.45) is 0 Å². The number of aromatic amines is 1. The molecular formula is C16H20N4O3S. The van der Waals surface area contributed by atoms with Gasteiger partial charge in [0.05, 0.1) is 6.04 Å². The lowest BCUT2D eigenvalue weighted by molar-refractivity contribution is -0.131. The molecule has 2 unspecified atom stereocenters. The molecule has 3 rings (SSSR count). The number of likely N-dealkylation sites (tertiary alicyclic amines) is 1. The summed E-state index contributed by atoms with van der Waals surface area (Å²) in [5.74, 6) is 0.791. The van der Waals surface area contributed by atoms with E-state index in [2.05, 4.69) is 15.2 Å². The van der Waals surface area contributed by atoms with Gasteiger partial charge in [0.25, 0.3) is 0 Å². The van der Waals surface area contributed by atoms with Crippen LogP contribution in [0.25, 0.3) is 11.4 Å². The summed E-state index contributed by atoms with van der Waals surface area (Å²) in [6, 6.07) is 9.30. The molecule has 2 aromatic rings. The molecule has 1 aromatic heterocycles. The van der Waals surface area contributed by atoms with Gasteiger partial charge in [-0.3, -0.25) is 9.89 Å². The fourth-order valence-electron chi connectivity index (χ4n) is 2.87. The Morgan fingerprint density at radius 2 is 2.04 bits per heavy atom. The van der Waals surface area contributed by atoms with Crippen molar-refractivity contribution in [2.75, 3.05) is 12.8 Å². The van der Waals surface area contributed by atoms with Crippen LogP contribution < -0.4 is 0 Å². The molecule has 8 heteroatoms. The van der Waals surface area contributed by atoms with Crippen molar-refractivity contribution in [3.63, 3.8) is 0 Å². The monoisotopic (exact) mass is 348 g/mol. The first-order valence-electron chi connectivity index (χ1n) is 7.85. The lowest BCUT2D eigenvalue weighted by Gasteiger charge is -2.25. The van der Waals surface area contributed by atoms with Crippen LogP contribution in [0.2, 0.25) is 0 Å². The van der Waals surface area contributed by atoms with Crippen LogP contribution in [0.4, 0.5) is 0 Å². The van der Waals surface area contributed by atoms with Crippen molar-refractivity contribution in [1.82, 2.24) is 20.1 Å². The SMILES string of the molecule is CC(C(=O)N1CCCC1c1nc(-c2ccccc2)n[nH]1)S(C)(=O)=O. The Labute approximate surface area is 141 Å². The molecule has 1 aromatic carbocycles. The minimum absolute atomic E-state index is 0.258. The number of nitrogens with one attached hydrogen (secondary N) is 1. The molecule has 1 amide bonds. The minimum atomic E-state index is -3.42. The predicted molar refractivity (Wildman–Crippen MR) is 89.8 cm³/mol. The molecule has 7 nitrogen and oxygen atoms in total. The fraction of sp³-hybridized carbons (Fsp3) is 0.438. The van der Waals surface area contributed by atoms with Crippen LogP contribution in [-0.2, 0) is 14.6 Å². The van der Waals surface area contributed by atoms with Crippen molar-refractivity contribution in [1.29, 1.82) is 0 Å². The van der Waals surface area contributed by atoms with Crippen molar-refractivity contribution >= 4 is 15.7 Å². The number of rotatable bonds is 4. The Hall–Kier alpha value is -2.22. The molecule has 2 atom stereocenters. The van der Waals surface area contributed by atoms with E-state index in [4.69, 9.17) is 0 Å². The molecule has 1 fully saturated rings. The van der Waals surface area contributed by atoms with Gasteiger partial charge < -0.3 is 4.90 Å². The van der Waals surface area contributed by atoms with Gasteiger partial charge in [-0.25, -0.2) is 13.4 Å². The second-order valence-electron chi connectivity index (χ2n) is 6.07. The van der Waals surface area contributed by atoms with Crippen LogP contribution >= 0.6 is 0 Å². The first-order chi connectivity index (χ1) is 11.4. The van der Waals surface area contributed by atoms with Gasteiger partial charge in [0.1, 0.15) is 11.1 Å². The maximum absolute atomic E-state index is 12.5. The van der Waals surface area contributed by atoms with Crippen LogP contribution in [0.3, 0.4) is 0 Å². The normalized spacial score (nSPS) is 19.4. The maximum Gasteiger partial charge on any atom is 0.241 e. The van der Waals surface area contributed by atoms with E-state index in [1.165, 1.54) is 6.92 Å². The zero-order chi connectivity index (χ0) is 17.3. The van der Waals surface area contributed by atoms with Gasteiger partial charge in [0.15, 0.2) is 15.7 Å². The lowest BCUT2D eigenvalue weighted by Crippen LogP contribution is -2.41. The molecule has 0 bridgehead atoms. The molecule has 0 saturated carbocycles. The van der Waals surface area contributed by atoms with Crippen LogP contribution in [0, 0.1) is 0 Å². The number of hydrogen-bond acceptors (Lipinski definition) is 5. The summed E-state index contributed by atoms with van der Waals surface area (Å²) in [5, 5.41) is 6.08. The molecule has 128 valence electrons. The standard InChI is InChI=1S/C16H20N4O3S/c1-11(24(2,22)23)16(21)20-10-6-9-13(20)15-17-14(18-19-15)12-7-4-3-5-8-12/h3-5,7-8,11,13H,6,9-10H2,1-2H3,(H,17,18,19). The Kier molecular flexibility index (Phi) is 4.40. The Bertz CT molecular complexity index is 832. The van der Waals surface area contributed by atoms with Gasteiger partial charge in [-0.05, 0) is 19.8 Å². The van der Waals surface area contributed by atoms with Crippen LogP contribution in [0.15, 0.2) is 30.3 Å². The molecule has 2 heterocycles. The third kappa shape index (κ3) is 3.19. The van der Waals surface area contributed by atoms with Gasteiger partial charge in [0.2, 0.25) is 5.91 Å². The third-order valence-corrected chi connectivity index (χ3v) is 5.86. The topological polar surface area (TPSA) is 96.0 Å². The van der Waals surface area contributed by atoms with Crippen LogP contribution in [-0.4, -0.2) is 52.5 Å². The zero-order valence-electron chi connectivity index (χ0n) is 13.6. The number of hydrogen-bond donors (Lipinski definition) is 1. The van der Waals surface area contributed by atoms with Crippen molar-refractivity contribution in [2.45, 2.75) is 31.1 Å². The molecule has 24 heavy (non-hydrogen) atoms. The van der Waals surface area contributed by atoms with Crippen LogP contribution in [0.5, 0.6) is 0 Å². The molecule has 0 spiro atoms. The third-order valence-electron chi connectivity index (χ3n) is 4.38. The smallest absolute Gasteiger partial charge is 0.241 e. The molecule has 1 aliphatic rings. The number of sulfone groups is 1. The van der Waals surface area contributed by atoms with E-state index in [1.54, 1.807) is 4.90 Å². The highest BCUT2D eigenvalue weighted by molar-refractivity contribution is 7.92. The molecular weight excluding hydrogens is 328 g/mol. The quantitative estimate of drug-likeness (QED) is 0.905. The number of nitrogens with zero attached hydrogens (tertiary/aromatic N) is 3. The highest BCUT2D eigenvalue weighted by Gasteiger charge is 2.37. The average Bonchev–Trinajstić information content (AvgIpc) is 3.22. The first-order valence-corrected chi connectivity index (χ1v) is 9.80. The summed E-state index contributed by atoms with van der Waals surface area (Å²) in [7, 11) is -3.42. The summed E-state index contributed by atoms with van der Waals surface area (Å²) in [5.41, 5.74) is 0.889. The largest absolute Gasteiger partial charge is 0.331 e. The number of carbonyl (C=O) groups excluding carboxylic acids is 1. The highest BCUT2D eigenvalue weighted by Crippen LogP contribution is 2.31. The second kappa shape index (κ2) is 6.35. The molecule has 0 aliphatic carbocycles. The van der Waals surface area contributed by atoms with Crippen molar-refractivity contribution < 1.29 is 13.2 Å². The predicted octanol–water partition coefficient (Wildman–Crippen LogP) is 1.57. The second-order valence-corrected chi connectivity index (χ2v) is 8.44. The number of amides is 1. The van der Waals surface area contributed by atoms with E-state index in [0.717, 1.165) is 24.7 Å². The summed E-state index contributed by atoms with van der Waals surface area (Å²) in [6.07, 6.45) is 2.64. The Morgan fingerprint density at radius 1 is 1.33 bits per heavy atom. The van der Waals surface area contributed by atoms with Gasteiger partial charge >= 0.3 is 0 Å². The Balaban J connectivity index is 1.84. The molecule has 1 N–H and O–H groups in total. The maximum atomic E-state index is 12.5. The summed E-state index contributed by atoms with van der Waals surface area (Å²) in [4.78, 5) is 18.6. The molecule has 1 saturated heterocycles. The highest BCUT2D eigenvalue weighted by atomic mass is 32.2. The van der Waals surface area contributed by atoms with E-state index in [-0.39, 0.29) is 11.9 Å². The van der Waals surface area contributed by atoms with Gasteiger partial charge in [-0.2, -0.15) is 5.10 Å². The summed E-state index contributed by atoms with van der Waals surface area (Å²) < 4.78 is 23.4. The van der Waals surface area contributed by atoms with E-state index in [9.17, 15) is 13.2 Å². The number of benzene rings is 1. The average molecular weight is 348 g/mol. The summed E-state index contributed by atoms with van der Waals surface area (Å²) in [6.45, 7) is 1.97. The lowest BCUT2D eigenvalue weighted by atomic mass is 10.2. The van der Waals surface area contributed by atoms with E-state index in [0.29, 0.717) is 18.2 Å². The van der Waals surface area contributed by atoms with Gasteiger partial charge in [-0.15, -0.1) is 0 Å². The number of H-pyrrole nitrogens is 1. The minimum Gasteiger partial charge on any atom is -0.331 e. The van der Waals surface area contributed by atoms with Crippen molar-refractivity contribution in [3.05, 3.63) is 36.2 Å². The van der Waals surface area contributed by atoms with E-state index >= 15 is 0 Å². The van der Waals surface area contributed by atoms with Crippen molar-refractivity contribution in [3.8, 4) is 11.4 Å². The first kappa shape index (κ1) is 16.6. The van der Waals surface area contributed by atoms with Gasteiger partial charge in [-0.1, -0.05) is 30.3 Å². The summed E-state index contributed by atoms with van der Waals surface area (Å²) >= 11 is 0. The van der Waals surface area contributed by atoms with E-state index in [1.807, 2.05) is 30.3 Å². The zero-order valence-corrected chi connectivity index (χ0v) is 14.5. The van der Waals surface area contributed by atoms with E-state index < -0.39 is 15.1 Å². The Morgan fingerprint density at radius 3 is 2.71 bits per heavy atom. The van der Waals surface area contributed by atoms with Gasteiger partial charge in [0, 0.05) is 18.4 Å².